The zero-order valence-corrected chi connectivity index (χ0v) is 19.9. The third-order valence-corrected chi connectivity index (χ3v) is 6.60. The van der Waals surface area contributed by atoms with E-state index in [1.54, 1.807) is 7.11 Å². The van der Waals surface area contributed by atoms with Crippen molar-refractivity contribution in [3.8, 4) is 11.5 Å². The van der Waals surface area contributed by atoms with E-state index in [4.69, 9.17) is 14.2 Å². The molecule has 0 aromatic heterocycles. The predicted molar refractivity (Wildman–Crippen MR) is 136 cm³/mol. The summed E-state index contributed by atoms with van der Waals surface area (Å²) in [5.74, 6) is 1.68. The molecule has 4 nitrogen and oxygen atoms in total. The molecular formula is C30H30FNO3. The first-order chi connectivity index (χ1) is 17.2. The van der Waals surface area contributed by atoms with Gasteiger partial charge >= 0.3 is 0 Å². The van der Waals surface area contributed by atoms with Gasteiger partial charge in [0.15, 0.2) is 0 Å². The molecule has 5 rings (SSSR count). The lowest BCUT2D eigenvalue weighted by atomic mass is 9.88. The lowest BCUT2D eigenvalue weighted by molar-refractivity contribution is 0.0106. The molecule has 4 aromatic carbocycles. The highest BCUT2D eigenvalue weighted by Gasteiger charge is 2.27. The highest BCUT2D eigenvalue weighted by Crippen LogP contribution is 2.31. The van der Waals surface area contributed by atoms with Crippen molar-refractivity contribution in [1.82, 2.24) is 5.32 Å². The number of halogens is 1. The second kappa shape index (κ2) is 10.9. The number of benzene rings is 4. The molecule has 1 fully saturated rings. The maximum Gasteiger partial charge on any atom is 0.127 e. The quantitative estimate of drug-likeness (QED) is 0.331. The second-order valence-electron chi connectivity index (χ2n) is 8.96. The minimum absolute atomic E-state index is 0.0156. The topological polar surface area (TPSA) is 39.7 Å². The van der Waals surface area contributed by atoms with E-state index in [0.29, 0.717) is 13.2 Å². The van der Waals surface area contributed by atoms with Crippen LogP contribution in [0.3, 0.4) is 0 Å². The molecule has 1 aliphatic heterocycles. The Balaban J connectivity index is 1.33. The summed E-state index contributed by atoms with van der Waals surface area (Å²) >= 11 is 0. The van der Waals surface area contributed by atoms with Crippen molar-refractivity contribution >= 4 is 10.8 Å². The van der Waals surface area contributed by atoms with E-state index >= 15 is 0 Å². The van der Waals surface area contributed by atoms with Crippen LogP contribution in [0.25, 0.3) is 10.8 Å². The van der Waals surface area contributed by atoms with E-state index in [1.165, 1.54) is 12.1 Å². The fraction of sp³-hybridized carbons (Fsp3) is 0.267. The molecule has 35 heavy (non-hydrogen) atoms. The van der Waals surface area contributed by atoms with Crippen LogP contribution in [-0.4, -0.2) is 26.3 Å². The number of hydrogen-bond acceptors (Lipinski definition) is 4. The molecule has 180 valence electrons. The number of fused-ring (bicyclic) bond motifs is 1. The van der Waals surface area contributed by atoms with Crippen molar-refractivity contribution in [3.05, 3.63) is 107 Å². The van der Waals surface area contributed by atoms with Crippen molar-refractivity contribution in [2.45, 2.75) is 31.7 Å². The summed E-state index contributed by atoms with van der Waals surface area (Å²) in [7, 11) is 1.67. The van der Waals surface area contributed by atoms with E-state index < -0.39 is 0 Å². The van der Waals surface area contributed by atoms with Crippen LogP contribution in [-0.2, 0) is 18.0 Å². The zero-order chi connectivity index (χ0) is 24.0. The summed E-state index contributed by atoms with van der Waals surface area (Å²) in [5, 5.41) is 5.63. The fourth-order valence-corrected chi connectivity index (χ4v) is 4.76. The van der Waals surface area contributed by atoms with Crippen LogP contribution in [0, 0.1) is 5.82 Å². The van der Waals surface area contributed by atoms with Gasteiger partial charge in [-0.1, -0.05) is 48.5 Å². The third kappa shape index (κ3) is 5.64. The van der Waals surface area contributed by atoms with E-state index in [2.05, 4.69) is 29.6 Å². The molecule has 1 saturated heterocycles. The molecule has 5 heteroatoms. The number of piperidine rings is 1. The van der Waals surface area contributed by atoms with Crippen LogP contribution in [0.2, 0.25) is 0 Å². The van der Waals surface area contributed by atoms with Crippen LogP contribution >= 0.6 is 0 Å². The maximum atomic E-state index is 13.4. The minimum atomic E-state index is -0.210. The zero-order valence-electron chi connectivity index (χ0n) is 19.9. The van der Waals surface area contributed by atoms with Crippen LogP contribution < -0.4 is 14.8 Å². The van der Waals surface area contributed by atoms with Crippen molar-refractivity contribution < 1.29 is 18.6 Å². The lowest BCUT2D eigenvalue weighted by Gasteiger charge is -2.32. The van der Waals surface area contributed by atoms with E-state index in [0.717, 1.165) is 58.5 Å². The monoisotopic (exact) mass is 471 g/mol. The molecule has 2 unspecified atom stereocenters. The fourth-order valence-electron chi connectivity index (χ4n) is 4.76. The van der Waals surface area contributed by atoms with Crippen LogP contribution in [0.15, 0.2) is 84.9 Å². The largest absolute Gasteiger partial charge is 0.497 e. The van der Waals surface area contributed by atoms with Gasteiger partial charge in [0.05, 0.1) is 19.8 Å². The van der Waals surface area contributed by atoms with Crippen molar-refractivity contribution in [1.29, 1.82) is 0 Å². The summed E-state index contributed by atoms with van der Waals surface area (Å²) < 4.78 is 31.5. The van der Waals surface area contributed by atoms with Gasteiger partial charge in [-0.05, 0) is 71.4 Å². The molecular weight excluding hydrogens is 441 g/mol. The molecule has 0 saturated carbocycles. The highest BCUT2D eigenvalue weighted by atomic mass is 19.1. The summed E-state index contributed by atoms with van der Waals surface area (Å²) in [6, 6.07) is 27.2. The van der Waals surface area contributed by atoms with E-state index in [1.807, 2.05) is 48.5 Å². The summed E-state index contributed by atoms with van der Waals surface area (Å²) in [5.41, 5.74) is 3.23. The Kier molecular flexibility index (Phi) is 7.26. The Hall–Kier alpha value is -3.41. The van der Waals surface area contributed by atoms with Gasteiger partial charge in [0.25, 0.3) is 0 Å². The molecule has 0 bridgehead atoms. The average Bonchev–Trinajstić information content (AvgIpc) is 2.91. The molecule has 4 aromatic rings. The second-order valence-corrected chi connectivity index (χ2v) is 8.96. The lowest BCUT2D eigenvalue weighted by Crippen LogP contribution is -2.40. The standard InChI is InChI=1S/C30H30FNO3/c1-33-26-7-4-5-21(16-26)19-34-29-17-22(15-24-6-2-3-8-27(24)29)20-35-30-18-32-14-13-28(30)23-9-11-25(31)12-10-23/h2-12,15-17,28,30,32H,13-14,18-20H2,1H3. The van der Waals surface area contributed by atoms with Crippen molar-refractivity contribution in [3.63, 3.8) is 0 Å². The number of nitrogens with one attached hydrogen (secondary N) is 1. The van der Waals surface area contributed by atoms with Gasteiger partial charge < -0.3 is 19.5 Å². The first-order valence-electron chi connectivity index (χ1n) is 12.0. The van der Waals surface area contributed by atoms with Crippen LogP contribution in [0.4, 0.5) is 4.39 Å². The molecule has 0 aliphatic carbocycles. The number of hydrogen-bond donors (Lipinski definition) is 1. The Morgan fingerprint density at radius 1 is 0.886 bits per heavy atom. The predicted octanol–water partition coefficient (Wildman–Crippen LogP) is 6.23. The third-order valence-electron chi connectivity index (χ3n) is 6.60. The molecule has 0 spiro atoms. The molecule has 1 N–H and O–H groups in total. The SMILES string of the molecule is COc1cccc(COc2cc(COC3CNCCC3c3ccc(F)cc3)cc3ccccc23)c1. The van der Waals surface area contributed by atoms with Gasteiger partial charge in [-0.3, -0.25) is 0 Å². The van der Waals surface area contributed by atoms with Gasteiger partial charge in [0, 0.05) is 17.8 Å². The Morgan fingerprint density at radius 2 is 1.74 bits per heavy atom. The molecule has 0 amide bonds. The Labute approximate surface area is 205 Å². The minimum Gasteiger partial charge on any atom is -0.497 e. The number of methoxy groups -OCH3 is 1. The molecule has 1 aliphatic rings. The molecule has 1 heterocycles. The molecule has 2 atom stereocenters. The molecule has 0 radical (unpaired) electrons. The number of ether oxygens (including phenoxy) is 3. The smallest absolute Gasteiger partial charge is 0.127 e. The van der Waals surface area contributed by atoms with Gasteiger partial charge in [0.2, 0.25) is 0 Å². The van der Waals surface area contributed by atoms with Gasteiger partial charge in [-0.15, -0.1) is 0 Å². The first kappa shape index (κ1) is 23.3. The van der Waals surface area contributed by atoms with Crippen molar-refractivity contribution in [2.24, 2.45) is 0 Å². The van der Waals surface area contributed by atoms with Gasteiger partial charge in [0.1, 0.15) is 23.9 Å². The normalized spacial score (nSPS) is 17.9. The van der Waals surface area contributed by atoms with Crippen LogP contribution in [0.1, 0.15) is 29.0 Å². The summed E-state index contributed by atoms with van der Waals surface area (Å²) in [6.45, 7) is 2.63. The number of rotatable bonds is 8. The summed E-state index contributed by atoms with van der Waals surface area (Å²) in [4.78, 5) is 0. The van der Waals surface area contributed by atoms with E-state index in [9.17, 15) is 4.39 Å². The maximum absolute atomic E-state index is 13.4. The summed E-state index contributed by atoms with van der Waals surface area (Å²) in [6.07, 6.45) is 0.977. The average molecular weight is 472 g/mol. The first-order valence-corrected chi connectivity index (χ1v) is 12.0. The Bertz CT molecular complexity index is 1270. The highest BCUT2D eigenvalue weighted by molar-refractivity contribution is 5.89. The van der Waals surface area contributed by atoms with Crippen molar-refractivity contribution in [2.75, 3.05) is 20.2 Å². The Morgan fingerprint density at radius 3 is 2.60 bits per heavy atom. The van der Waals surface area contributed by atoms with Crippen LogP contribution in [0.5, 0.6) is 11.5 Å². The van der Waals surface area contributed by atoms with Gasteiger partial charge in [-0.2, -0.15) is 0 Å². The van der Waals surface area contributed by atoms with E-state index in [-0.39, 0.29) is 17.8 Å². The van der Waals surface area contributed by atoms with Gasteiger partial charge in [-0.25, -0.2) is 4.39 Å².